The van der Waals surface area contributed by atoms with Gasteiger partial charge >= 0.3 is 11.9 Å². The van der Waals surface area contributed by atoms with Crippen LogP contribution >= 0.6 is 0 Å². The number of nitrogens with zero attached hydrogens (tertiary/aromatic N) is 1. The van der Waals surface area contributed by atoms with Crippen LogP contribution in [0.5, 0.6) is 0 Å². The zero-order valence-corrected chi connectivity index (χ0v) is 15.2. The predicted octanol–water partition coefficient (Wildman–Crippen LogP) is 2.20. The van der Waals surface area contributed by atoms with Crippen molar-refractivity contribution in [3.05, 3.63) is 29.8 Å². The van der Waals surface area contributed by atoms with Gasteiger partial charge in [-0.15, -0.1) is 0 Å². The van der Waals surface area contributed by atoms with Gasteiger partial charge < -0.3 is 20.1 Å². The number of anilines is 1. The molecule has 7 nitrogen and oxygen atoms in total. The Balaban J connectivity index is 1.92. The fourth-order valence-electron chi connectivity index (χ4n) is 2.94. The Morgan fingerprint density at radius 3 is 2.31 bits per heavy atom. The second kappa shape index (κ2) is 9.22. The van der Waals surface area contributed by atoms with Crippen LogP contribution in [-0.2, 0) is 14.3 Å². The highest BCUT2D eigenvalue weighted by atomic mass is 16.5. The molecule has 0 aromatic heterocycles. The molecule has 0 saturated heterocycles. The van der Waals surface area contributed by atoms with Crippen molar-refractivity contribution in [3.8, 4) is 0 Å². The Kier molecular flexibility index (Phi) is 7.00. The molecule has 1 aliphatic rings. The van der Waals surface area contributed by atoms with Crippen molar-refractivity contribution in [1.82, 2.24) is 5.32 Å². The van der Waals surface area contributed by atoms with Gasteiger partial charge in [0.25, 0.3) is 5.91 Å². The van der Waals surface area contributed by atoms with E-state index in [1.807, 2.05) is 19.0 Å². The predicted molar refractivity (Wildman–Crippen MR) is 97.2 cm³/mol. The lowest BCUT2D eigenvalue weighted by Gasteiger charge is -2.22. The molecule has 0 heterocycles. The lowest BCUT2D eigenvalue weighted by atomic mass is 9.98. The van der Waals surface area contributed by atoms with Gasteiger partial charge in [0.05, 0.1) is 6.42 Å². The largest absolute Gasteiger partial charge is 0.480 e. The number of amides is 1. The second-order valence-corrected chi connectivity index (χ2v) is 6.76. The van der Waals surface area contributed by atoms with Crippen LogP contribution in [0, 0.1) is 0 Å². The van der Waals surface area contributed by atoms with Crippen molar-refractivity contribution < 1.29 is 24.2 Å². The summed E-state index contributed by atoms with van der Waals surface area (Å²) in [7, 11) is 3.76. The van der Waals surface area contributed by atoms with Crippen LogP contribution in [0.2, 0.25) is 0 Å². The maximum absolute atomic E-state index is 12.3. The summed E-state index contributed by atoms with van der Waals surface area (Å²) in [5.41, 5.74) is 1.26. The first-order valence-electron chi connectivity index (χ1n) is 8.87. The van der Waals surface area contributed by atoms with E-state index in [0.717, 1.165) is 37.8 Å². The van der Waals surface area contributed by atoms with Crippen LogP contribution in [-0.4, -0.2) is 49.2 Å². The molecule has 0 bridgehead atoms. The van der Waals surface area contributed by atoms with Gasteiger partial charge in [-0.25, -0.2) is 4.79 Å². The highest BCUT2D eigenvalue weighted by molar-refractivity contribution is 5.97. The number of carboxylic acid groups (broad SMARTS) is 1. The van der Waals surface area contributed by atoms with Gasteiger partial charge in [-0.3, -0.25) is 9.59 Å². The SMILES string of the molecule is CN(C)c1ccc(C(=O)N[C@@H](CC(=O)OC2CCCCC2)C(=O)O)cc1. The van der Waals surface area contributed by atoms with E-state index in [0.29, 0.717) is 5.56 Å². The normalized spacial score (nSPS) is 15.8. The number of nitrogens with one attached hydrogen (secondary N) is 1. The third kappa shape index (κ3) is 5.75. The summed E-state index contributed by atoms with van der Waals surface area (Å²) < 4.78 is 5.34. The summed E-state index contributed by atoms with van der Waals surface area (Å²) in [5, 5.41) is 11.7. The molecule has 2 N–H and O–H groups in total. The standard InChI is InChI=1S/C19H26N2O5/c1-21(2)14-10-8-13(9-11-14)18(23)20-16(19(24)25)12-17(22)26-15-6-4-3-5-7-15/h8-11,15-16H,3-7,12H2,1-2H3,(H,20,23)(H,24,25)/t16-/m0/s1. The van der Waals surface area contributed by atoms with Crippen molar-refractivity contribution >= 4 is 23.5 Å². The number of esters is 1. The quantitative estimate of drug-likeness (QED) is 0.722. The Hall–Kier alpha value is -2.57. The first-order chi connectivity index (χ1) is 12.4. The van der Waals surface area contributed by atoms with E-state index in [-0.39, 0.29) is 12.5 Å². The molecule has 7 heteroatoms. The smallest absolute Gasteiger partial charge is 0.326 e. The summed E-state index contributed by atoms with van der Waals surface area (Å²) in [4.78, 5) is 37.6. The number of carbonyl (C=O) groups is 3. The van der Waals surface area contributed by atoms with E-state index in [1.165, 1.54) is 0 Å². The number of benzene rings is 1. The Morgan fingerprint density at radius 2 is 1.77 bits per heavy atom. The summed E-state index contributed by atoms with van der Waals surface area (Å²) in [6.45, 7) is 0. The third-order valence-electron chi connectivity index (χ3n) is 4.47. The Morgan fingerprint density at radius 1 is 1.15 bits per heavy atom. The number of hydrogen-bond acceptors (Lipinski definition) is 5. The Labute approximate surface area is 153 Å². The van der Waals surface area contributed by atoms with E-state index in [9.17, 15) is 19.5 Å². The lowest BCUT2D eigenvalue weighted by Crippen LogP contribution is -2.43. The molecular formula is C19H26N2O5. The van der Waals surface area contributed by atoms with Gasteiger partial charge in [0.15, 0.2) is 0 Å². The highest BCUT2D eigenvalue weighted by Crippen LogP contribution is 2.21. The first-order valence-corrected chi connectivity index (χ1v) is 8.87. The average molecular weight is 362 g/mol. The van der Waals surface area contributed by atoms with Crippen molar-refractivity contribution in [2.24, 2.45) is 0 Å². The van der Waals surface area contributed by atoms with E-state index >= 15 is 0 Å². The zero-order valence-electron chi connectivity index (χ0n) is 15.2. The number of carboxylic acids is 1. The third-order valence-corrected chi connectivity index (χ3v) is 4.47. The van der Waals surface area contributed by atoms with Crippen LogP contribution in [0.25, 0.3) is 0 Å². The highest BCUT2D eigenvalue weighted by Gasteiger charge is 2.26. The van der Waals surface area contributed by atoms with Crippen LogP contribution in [0.1, 0.15) is 48.9 Å². The maximum Gasteiger partial charge on any atom is 0.326 e. The van der Waals surface area contributed by atoms with Crippen molar-refractivity contribution in [2.45, 2.75) is 50.7 Å². The number of rotatable bonds is 7. The minimum Gasteiger partial charge on any atom is -0.480 e. The molecule has 0 unspecified atom stereocenters. The fourth-order valence-corrected chi connectivity index (χ4v) is 2.94. The van der Waals surface area contributed by atoms with Crippen molar-refractivity contribution in [3.63, 3.8) is 0 Å². The molecule has 1 aliphatic carbocycles. The van der Waals surface area contributed by atoms with Crippen LogP contribution in [0.3, 0.4) is 0 Å². The molecule has 0 radical (unpaired) electrons. The van der Waals surface area contributed by atoms with Gasteiger partial charge in [0.2, 0.25) is 0 Å². The van der Waals surface area contributed by atoms with Gasteiger partial charge in [-0.2, -0.15) is 0 Å². The number of aliphatic carboxylic acids is 1. The first kappa shape index (κ1) is 19.8. The number of carbonyl (C=O) groups excluding carboxylic acids is 2. The molecule has 1 saturated carbocycles. The lowest BCUT2D eigenvalue weighted by molar-refractivity contribution is -0.154. The summed E-state index contributed by atoms with van der Waals surface area (Å²) in [5.74, 6) is -2.38. The second-order valence-electron chi connectivity index (χ2n) is 6.76. The molecule has 1 aromatic carbocycles. The molecule has 2 rings (SSSR count). The van der Waals surface area contributed by atoms with Gasteiger partial charge in [-0.1, -0.05) is 6.42 Å². The van der Waals surface area contributed by atoms with E-state index in [4.69, 9.17) is 4.74 Å². The van der Waals surface area contributed by atoms with E-state index < -0.39 is 23.9 Å². The summed E-state index contributed by atoms with van der Waals surface area (Å²) in [6.07, 6.45) is 4.27. The van der Waals surface area contributed by atoms with Gasteiger partial charge in [0, 0.05) is 25.3 Å². The fraction of sp³-hybridized carbons (Fsp3) is 0.526. The molecule has 26 heavy (non-hydrogen) atoms. The molecule has 0 spiro atoms. The van der Waals surface area contributed by atoms with E-state index in [1.54, 1.807) is 24.3 Å². The monoisotopic (exact) mass is 362 g/mol. The molecule has 142 valence electrons. The van der Waals surface area contributed by atoms with Crippen LogP contribution in [0.15, 0.2) is 24.3 Å². The summed E-state index contributed by atoms with van der Waals surface area (Å²) in [6, 6.07) is 5.45. The van der Waals surface area contributed by atoms with Gasteiger partial charge in [0.1, 0.15) is 12.1 Å². The maximum atomic E-state index is 12.3. The molecule has 1 fully saturated rings. The van der Waals surface area contributed by atoms with Crippen molar-refractivity contribution in [1.29, 1.82) is 0 Å². The molecule has 1 aromatic rings. The van der Waals surface area contributed by atoms with Crippen molar-refractivity contribution in [2.75, 3.05) is 19.0 Å². The zero-order chi connectivity index (χ0) is 19.1. The van der Waals surface area contributed by atoms with Crippen LogP contribution < -0.4 is 10.2 Å². The molecule has 0 aliphatic heterocycles. The molecule has 1 atom stereocenters. The van der Waals surface area contributed by atoms with Crippen LogP contribution in [0.4, 0.5) is 5.69 Å². The minimum absolute atomic E-state index is 0.139. The Bertz CT molecular complexity index is 636. The number of hydrogen-bond donors (Lipinski definition) is 2. The van der Waals surface area contributed by atoms with E-state index in [2.05, 4.69) is 5.32 Å². The number of ether oxygens (including phenoxy) is 1. The van der Waals surface area contributed by atoms with Gasteiger partial charge in [-0.05, 0) is 49.9 Å². The molecule has 1 amide bonds. The average Bonchev–Trinajstić information content (AvgIpc) is 2.61. The summed E-state index contributed by atoms with van der Waals surface area (Å²) >= 11 is 0. The minimum atomic E-state index is -1.31. The topological polar surface area (TPSA) is 95.9 Å². The molecular weight excluding hydrogens is 336 g/mol.